The van der Waals surface area contributed by atoms with Crippen molar-refractivity contribution in [1.82, 2.24) is 5.32 Å². The van der Waals surface area contributed by atoms with Gasteiger partial charge in [0, 0.05) is 5.69 Å². The van der Waals surface area contributed by atoms with Crippen molar-refractivity contribution in [3.8, 4) is 0 Å². The maximum Gasteiger partial charge on any atom is 0.241 e. The number of hydrogen-bond acceptors (Lipinski definition) is 2. The maximum atomic E-state index is 12.6. The molecule has 3 nitrogen and oxygen atoms in total. The second kappa shape index (κ2) is 7.08. The molecule has 1 aliphatic rings. The molecule has 1 aromatic carbocycles. The fourth-order valence-corrected chi connectivity index (χ4v) is 3.12. The third-order valence-corrected chi connectivity index (χ3v) is 4.58. The number of hydrogen-bond donors (Lipinski definition) is 2. The Bertz CT molecular complexity index is 496. The van der Waals surface area contributed by atoms with Gasteiger partial charge in [-0.2, -0.15) is 0 Å². The number of rotatable bonds is 4. The zero-order valence-electron chi connectivity index (χ0n) is 13.7. The van der Waals surface area contributed by atoms with E-state index in [1.165, 1.54) is 12.0 Å². The molecule has 3 heteroatoms. The molecule has 2 rings (SSSR count). The van der Waals surface area contributed by atoms with Gasteiger partial charge in [0.2, 0.25) is 5.91 Å². The van der Waals surface area contributed by atoms with Gasteiger partial charge >= 0.3 is 0 Å². The summed E-state index contributed by atoms with van der Waals surface area (Å²) in [6.45, 7) is 9.54. The molecule has 0 bridgehead atoms. The van der Waals surface area contributed by atoms with Crippen molar-refractivity contribution in [3.63, 3.8) is 0 Å². The monoisotopic (exact) mass is 288 g/mol. The van der Waals surface area contributed by atoms with E-state index in [2.05, 4.69) is 56.5 Å². The van der Waals surface area contributed by atoms with Crippen molar-refractivity contribution in [3.05, 3.63) is 29.3 Å². The largest absolute Gasteiger partial charge is 0.324 e. The van der Waals surface area contributed by atoms with Crippen molar-refractivity contribution in [1.29, 1.82) is 0 Å². The highest BCUT2D eigenvalue weighted by Crippen LogP contribution is 2.28. The quantitative estimate of drug-likeness (QED) is 0.884. The first kappa shape index (κ1) is 16.0. The molecule has 1 amide bonds. The number of benzene rings is 1. The highest BCUT2D eigenvalue weighted by Gasteiger charge is 2.26. The number of anilines is 1. The summed E-state index contributed by atoms with van der Waals surface area (Å²) in [6.07, 6.45) is 3.29. The summed E-state index contributed by atoms with van der Waals surface area (Å²) in [5, 5.41) is 6.53. The minimum atomic E-state index is -0.0525. The second-order valence-corrected chi connectivity index (χ2v) is 6.49. The highest BCUT2D eigenvalue weighted by molar-refractivity contribution is 5.96. The Morgan fingerprint density at radius 2 is 2.19 bits per heavy atom. The van der Waals surface area contributed by atoms with Crippen LogP contribution in [0.3, 0.4) is 0 Å². The molecule has 0 aromatic heterocycles. The molecular formula is C18H28N2O. The molecule has 0 spiro atoms. The van der Waals surface area contributed by atoms with Crippen LogP contribution >= 0.6 is 0 Å². The Kier molecular flexibility index (Phi) is 5.40. The zero-order valence-corrected chi connectivity index (χ0v) is 13.7. The molecule has 2 atom stereocenters. The van der Waals surface area contributed by atoms with Gasteiger partial charge in [-0.25, -0.2) is 0 Å². The third-order valence-electron chi connectivity index (χ3n) is 4.58. The van der Waals surface area contributed by atoms with Crippen LogP contribution in [0.15, 0.2) is 18.2 Å². The first-order chi connectivity index (χ1) is 10.0. The molecule has 1 fully saturated rings. The topological polar surface area (TPSA) is 41.1 Å². The Morgan fingerprint density at radius 3 is 2.86 bits per heavy atom. The summed E-state index contributed by atoms with van der Waals surface area (Å²) in [4.78, 5) is 12.6. The summed E-state index contributed by atoms with van der Waals surface area (Å²) in [5.41, 5.74) is 3.35. The molecule has 0 aliphatic carbocycles. The van der Waals surface area contributed by atoms with Gasteiger partial charge in [0.05, 0.1) is 6.04 Å². The van der Waals surface area contributed by atoms with Crippen LogP contribution in [0.4, 0.5) is 5.69 Å². The van der Waals surface area contributed by atoms with Gasteiger partial charge in [0.15, 0.2) is 0 Å². The van der Waals surface area contributed by atoms with Crippen molar-refractivity contribution in [2.45, 2.75) is 58.9 Å². The van der Waals surface area contributed by atoms with E-state index in [0.29, 0.717) is 11.8 Å². The molecule has 1 heterocycles. The van der Waals surface area contributed by atoms with Crippen LogP contribution in [0.1, 0.15) is 57.1 Å². The van der Waals surface area contributed by atoms with Crippen molar-refractivity contribution >= 4 is 11.6 Å². The summed E-state index contributed by atoms with van der Waals surface area (Å²) in [5.74, 6) is 1.19. The molecule has 0 saturated carbocycles. The molecule has 1 aliphatic heterocycles. The first-order valence-corrected chi connectivity index (χ1v) is 8.16. The van der Waals surface area contributed by atoms with Crippen LogP contribution < -0.4 is 10.6 Å². The van der Waals surface area contributed by atoms with E-state index in [4.69, 9.17) is 0 Å². The number of piperidine rings is 1. The lowest BCUT2D eigenvalue weighted by atomic mass is 9.90. The number of aryl methyl sites for hydroxylation is 1. The number of nitrogens with one attached hydrogen (secondary N) is 2. The SMILES string of the molecule is CCC1CCNC(C(=O)Nc2c(C)cccc2C(C)C)C1. The second-order valence-electron chi connectivity index (χ2n) is 6.49. The van der Waals surface area contributed by atoms with E-state index in [9.17, 15) is 4.79 Å². The molecule has 0 radical (unpaired) electrons. The Labute approximate surface area is 128 Å². The molecule has 1 aromatic rings. The minimum absolute atomic E-state index is 0.0525. The van der Waals surface area contributed by atoms with Gasteiger partial charge in [-0.1, -0.05) is 45.4 Å². The fraction of sp³-hybridized carbons (Fsp3) is 0.611. The normalized spacial score (nSPS) is 22.3. The smallest absolute Gasteiger partial charge is 0.241 e. The lowest BCUT2D eigenvalue weighted by Crippen LogP contribution is -2.46. The number of amides is 1. The van der Waals surface area contributed by atoms with Gasteiger partial charge < -0.3 is 10.6 Å². The van der Waals surface area contributed by atoms with Gasteiger partial charge in [-0.3, -0.25) is 4.79 Å². The number of carbonyl (C=O) groups excluding carboxylic acids is 1. The van der Waals surface area contributed by atoms with Crippen LogP contribution in [-0.4, -0.2) is 18.5 Å². The molecule has 21 heavy (non-hydrogen) atoms. The van der Waals surface area contributed by atoms with Gasteiger partial charge in [0.25, 0.3) is 0 Å². The van der Waals surface area contributed by atoms with Crippen LogP contribution in [0.25, 0.3) is 0 Å². The Hall–Kier alpha value is -1.35. The van der Waals surface area contributed by atoms with E-state index >= 15 is 0 Å². The summed E-state index contributed by atoms with van der Waals surface area (Å²) in [6, 6.07) is 6.18. The van der Waals surface area contributed by atoms with E-state index < -0.39 is 0 Å². The maximum absolute atomic E-state index is 12.6. The van der Waals surface area contributed by atoms with Crippen LogP contribution in [0.5, 0.6) is 0 Å². The van der Waals surface area contributed by atoms with Crippen LogP contribution in [0, 0.1) is 12.8 Å². The van der Waals surface area contributed by atoms with E-state index in [1.54, 1.807) is 0 Å². The molecule has 1 saturated heterocycles. The predicted octanol–water partition coefficient (Wildman–Crippen LogP) is 3.84. The van der Waals surface area contributed by atoms with Crippen molar-refractivity contribution in [2.75, 3.05) is 11.9 Å². The van der Waals surface area contributed by atoms with Crippen LogP contribution in [-0.2, 0) is 4.79 Å². The van der Waals surface area contributed by atoms with Gasteiger partial charge in [-0.15, -0.1) is 0 Å². The lowest BCUT2D eigenvalue weighted by molar-refractivity contribution is -0.119. The lowest BCUT2D eigenvalue weighted by Gasteiger charge is -2.29. The minimum Gasteiger partial charge on any atom is -0.324 e. The Balaban J connectivity index is 2.12. The zero-order chi connectivity index (χ0) is 15.4. The molecule has 2 unspecified atom stereocenters. The summed E-state index contributed by atoms with van der Waals surface area (Å²) < 4.78 is 0. The fourth-order valence-electron chi connectivity index (χ4n) is 3.12. The standard InChI is InChI=1S/C18H28N2O/c1-5-14-9-10-19-16(11-14)18(21)20-17-13(4)7-6-8-15(17)12(2)3/h6-8,12,14,16,19H,5,9-11H2,1-4H3,(H,20,21). The highest BCUT2D eigenvalue weighted by atomic mass is 16.2. The van der Waals surface area contributed by atoms with Gasteiger partial charge in [0.1, 0.15) is 0 Å². The van der Waals surface area contributed by atoms with Crippen molar-refractivity contribution in [2.24, 2.45) is 5.92 Å². The van der Waals surface area contributed by atoms with Crippen molar-refractivity contribution < 1.29 is 4.79 Å². The molecular weight excluding hydrogens is 260 g/mol. The molecule has 2 N–H and O–H groups in total. The van der Waals surface area contributed by atoms with E-state index in [-0.39, 0.29) is 11.9 Å². The third kappa shape index (κ3) is 3.85. The summed E-state index contributed by atoms with van der Waals surface area (Å²) in [7, 11) is 0. The average Bonchev–Trinajstić information content (AvgIpc) is 2.49. The Morgan fingerprint density at radius 1 is 1.43 bits per heavy atom. The van der Waals surface area contributed by atoms with E-state index in [1.807, 2.05) is 0 Å². The van der Waals surface area contributed by atoms with Gasteiger partial charge in [-0.05, 0) is 49.3 Å². The first-order valence-electron chi connectivity index (χ1n) is 8.16. The number of para-hydroxylation sites is 1. The molecule has 116 valence electrons. The number of carbonyl (C=O) groups is 1. The summed E-state index contributed by atoms with van der Waals surface area (Å²) >= 11 is 0. The average molecular weight is 288 g/mol. The van der Waals surface area contributed by atoms with E-state index in [0.717, 1.165) is 30.6 Å². The predicted molar refractivity (Wildman–Crippen MR) is 88.7 cm³/mol. The van der Waals surface area contributed by atoms with Crippen LogP contribution in [0.2, 0.25) is 0 Å².